The van der Waals surface area contributed by atoms with Gasteiger partial charge in [-0.1, -0.05) is 20.8 Å². The molecule has 0 saturated carbocycles. The minimum Gasteiger partial charge on any atom is -0.493 e. The average molecular weight is 416 g/mol. The standard InChI is InChI=1S/C18H30BrN3O3/c1-18(2,3)15(24-6)11-22-17(20-4)21-10-12-8-13(19)16(25-7)14(9-12)23-5/h8-9,15H,10-11H2,1-7H3,(H2,20,21,22). The van der Waals surface area contributed by atoms with Crippen molar-refractivity contribution in [3.05, 3.63) is 22.2 Å². The summed E-state index contributed by atoms with van der Waals surface area (Å²) in [6, 6.07) is 3.94. The zero-order valence-electron chi connectivity index (χ0n) is 16.2. The first kappa shape index (κ1) is 21.6. The van der Waals surface area contributed by atoms with E-state index in [2.05, 4.69) is 52.3 Å². The number of hydrogen-bond acceptors (Lipinski definition) is 4. The van der Waals surface area contributed by atoms with Crippen molar-refractivity contribution >= 4 is 21.9 Å². The topological polar surface area (TPSA) is 64.1 Å². The molecule has 142 valence electrons. The molecule has 0 spiro atoms. The van der Waals surface area contributed by atoms with Crippen LogP contribution in [0.5, 0.6) is 11.5 Å². The molecule has 2 N–H and O–H groups in total. The maximum absolute atomic E-state index is 5.56. The highest BCUT2D eigenvalue weighted by atomic mass is 79.9. The van der Waals surface area contributed by atoms with Crippen LogP contribution in [0.1, 0.15) is 26.3 Å². The fraction of sp³-hybridized carbons (Fsp3) is 0.611. The lowest BCUT2D eigenvalue weighted by Gasteiger charge is -2.30. The quantitative estimate of drug-likeness (QED) is 0.528. The summed E-state index contributed by atoms with van der Waals surface area (Å²) >= 11 is 3.51. The van der Waals surface area contributed by atoms with Crippen LogP contribution in [0.3, 0.4) is 0 Å². The third kappa shape index (κ3) is 6.40. The first-order chi connectivity index (χ1) is 11.8. The van der Waals surface area contributed by atoms with Crippen molar-refractivity contribution < 1.29 is 14.2 Å². The van der Waals surface area contributed by atoms with E-state index in [1.807, 2.05) is 12.1 Å². The molecule has 1 atom stereocenters. The number of nitrogens with zero attached hydrogens (tertiary/aromatic N) is 1. The molecule has 1 aromatic rings. The van der Waals surface area contributed by atoms with Gasteiger partial charge in [0.1, 0.15) is 0 Å². The summed E-state index contributed by atoms with van der Waals surface area (Å²) in [6.07, 6.45) is 0.0845. The number of hydrogen-bond donors (Lipinski definition) is 2. The normalized spacial score (nSPS) is 13.4. The fourth-order valence-corrected chi connectivity index (χ4v) is 3.06. The van der Waals surface area contributed by atoms with Crippen LogP contribution in [0.4, 0.5) is 0 Å². The third-order valence-electron chi connectivity index (χ3n) is 3.88. The van der Waals surface area contributed by atoms with Crippen LogP contribution in [0, 0.1) is 5.41 Å². The maximum Gasteiger partial charge on any atom is 0.191 e. The smallest absolute Gasteiger partial charge is 0.191 e. The van der Waals surface area contributed by atoms with Crippen LogP contribution in [0.25, 0.3) is 0 Å². The van der Waals surface area contributed by atoms with Crippen molar-refractivity contribution in [1.29, 1.82) is 0 Å². The molecule has 1 unspecified atom stereocenters. The molecule has 0 aliphatic heterocycles. The Balaban J connectivity index is 2.71. The molecule has 0 fully saturated rings. The molecule has 0 saturated heterocycles. The number of rotatable bonds is 7. The van der Waals surface area contributed by atoms with Gasteiger partial charge in [0.05, 0.1) is 24.8 Å². The molecule has 0 aromatic heterocycles. The minimum atomic E-state index is 0.0504. The second-order valence-electron chi connectivity index (χ2n) is 6.71. The summed E-state index contributed by atoms with van der Waals surface area (Å²) < 4.78 is 17.1. The lowest BCUT2D eigenvalue weighted by atomic mass is 9.89. The van der Waals surface area contributed by atoms with Gasteiger partial charge >= 0.3 is 0 Å². The number of nitrogens with one attached hydrogen (secondary N) is 2. The Labute approximate surface area is 159 Å². The number of ether oxygens (including phenoxy) is 3. The monoisotopic (exact) mass is 415 g/mol. The van der Waals surface area contributed by atoms with Gasteiger partial charge in [-0.2, -0.15) is 0 Å². The summed E-state index contributed by atoms with van der Waals surface area (Å²) in [7, 11) is 6.72. The molecule has 25 heavy (non-hydrogen) atoms. The molecule has 0 bridgehead atoms. The Morgan fingerprint density at radius 2 is 1.84 bits per heavy atom. The molecular weight excluding hydrogens is 386 g/mol. The first-order valence-electron chi connectivity index (χ1n) is 8.14. The summed E-state index contributed by atoms with van der Waals surface area (Å²) in [4.78, 5) is 4.26. The second kappa shape index (κ2) is 9.87. The van der Waals surface area contributed by atoms with E-state index >= 15 is 0 Å². The summed E-state index contributed by atoms with van der Waals surface area (Å²) in [5, 5.41) is 6.61. The Kier molecular flexibility index (Phi) is 8.52. The zero-order chi connectivity index (χ0) is 19.0. The molecular formula is C18H30BrN3O3. The van der Waals surface area contributed by atoms with Crippen LogP contribution in [0.2, 0.25) is 0 Å². The van der Waals surface area contributed by atoms with E-state index in [0.717, 1.165) is 16.0 Å². The highest BCUT2D eigenvalue weighted by molar-refractivity contribution is 9.10. The van der Waals surface area contributed by atoms with E-state index in [4.69, 9.17) is 14.2 Å². The second-order valence-corrected chi connectivity index (χ2v) is 7.56. The Hall–Kier alpha value is -1.47. The van der Waals surface area contributed by atoms with Gasteiger partial charge in [-0.05, 0) is 39.0 Å². The van der Waals surface area contributed by atoms with Crippen molar-refractivity contribution in [2.24, 2.45) is 10.4 Å². The predicted octanol–water partition coefficient (Wildman–Crippen LogP) is 3.19. The van der Waals surface area contributed by atoms with Gasteiger partial charge in [-0.15, -0.1) is 0 Å². The molecule has 7 heteroatoms. The number of benzene rings is 1. The van der Waals surface area contributed by atoms with Gasteiger partial charge in [0.25, 0.3) is 0 Å². The van der Waals surface area contributed by atoms with Crippen molar-refractivity contribution in [3.63, 3.8) is 0 Å². The lowest BCUT2D eigenvalue weighted by Crippen LogP contribution is -2.45. The van der Waals surface area contributed by atoms with Gasteiger partial charge < -0.3 is 24.8 Å². The Morgan fingerprint density at radius 1 is 1.16 bits per heavy atom. The molecule has 0 heterocycles. The molecule has 1 rings (SSSR count). The fourth-order valence-electron chi connectivity index (χ4n) is 2.41. The minimum absolute atomic E-state index is 0.0504. The largest absolute Gasteiger partial charge is 0.493 e. The lowest BCUT2D eigenvalue weighted by molar-refractivity contribution is 0.0205. The predicted molar refractivity (Wildman–Crippen MR) is 106 cm³/mol. The molecule has 1 aromatic carbocycles. The molecule has 0 aliphatic carbocycles. The first-order valence-corrected chi connectivity index (χ1v) is 8.93. The molecule has 0 aliphatic rings. The van der Waals surface area contributed by atoms with E-state index in [1.165, 1.54) is 0 Å². The Morgan fingerprint density at radius 3 is 2.32 bits per heavy atom. The van der Waals surface area contributed by atoms with Crippen molar-refractivity contribution in [2.75, 3.05) is 34.9 Å². The molecule has 0 amide bonds. The number of halogens is 1. The van der Waals surface area contributed by atoms with Crippen molar-refractivity contribution in [3.8, 4) is 11.5 Å². The van der Waals surface area contributed by atoms with Crippen LogP contribution in [-0.4, -0.2) is 47.0 Å². The van der Waals surface area contributed by atoms with Gasteiger partial charge in [-0.3, -0.25) is 4.99 Å². The van der Waals surface area contributed by atoms with E-state index < -0.39 is 0 Å². The SMILES string of the molecule is CN=C(NCc1cc(Br)c(OC)c(OC)c1)NCC(OC)C(C)(C)C. The Bertz CT molecular complexity index is 586. The highest BCUT2D eigenvalue weighted by Crippen LogP contribution is 2.36. The average Bonchev–Trinajstić information content (AvgIpc) is 2.56. The summed E-state index contributed by atoms with van der Waals surface area (Å²) in [5.74, 6) is 2.09. The number of aliphatic imine (C=N–C) groups is 1. The van der Waals surface area contributed by atoms with Gasteiger partial charge in [-0.25, -0.2) is 0 Å². The number of methoxy groups -OCH3 is 3. The van der Waals surface area contributed by atoms with Crippen molar-refractivity contribution in [1.82, 2.24) is 10.6 Å². The van der Waals surface area contributed by atoms with Gasteiger partial charge in [0, 0.05) is 27.2 Å². The maximum atomic E-state index is 5.56. The summed E-state index contributed by atoms with van der Waals surface area (Å²) in [5.41, 5.74) is 1.10. The van der Waals surface area contributed by atoms with E-state index in [0.29, 0.717) is 24.6 Å². The molecule has 6 nitrogen and oxygen atoms in total. The van der Waals surface area contributed by atoms with Crippen LogP contribution in [0.15, 0.2) is 21.6 Å². The van der Waals surface area contributed by atoms with E-state index in [-0.39, 0.29) is 11.5 Å². The summed E-state index contributed by atoms with van der Waals surface area (Å²) in [6.45, 7) is 7.74. The molecule has 0 radical (unpaired) electrons. The highest BCUT2D eigenvalue weighted by Gasteiger charge is 2.24. The van der Waals surface area contributed by atoms with Gasteiger partial charge in [0.15, 0.2) is 17.5 Å². The van der Waals surface area contributed by atoms with Crippen molar-refractivity contribution in [2.45, 2.75) is 33.4 Å². The van der Waals surface area contributed by atoms with Crippen LogP contribution < -0.4 is 20.1 Å². The third-order valence-corrected chi connectivity index (χ3v) is 4.47. The van der Waals surface area contributed by atoms with Crippen LogP contribution >= 0.6 is 15.9 Å². The van der Waals surface area contributed by atoms with Crippen LogP contribution in [-0.2, 0) is 11.3 Å². The number of guanidine groups is 1. The zero-order valence-corrected chi connectivity index (χ0v) is 17.8. The van der Waals surface area contributed by atoms with Gasteiger partial charge in [0.2, 0.25) is 0 Å². The van der Waals surface area contributed by atoms with E-state index in [1.54, 1.807) is 28.4 Å². The van der Waals surface area contributed by atoms with E-state index in [9.17, 15) is 0 Å².